The zero-order chi connectivity index (χ0) is 7.33. The predicted octanol–water partition coefficient (Wildman–Crippen LogP) is 1.66. The Morgan fingerprint density at radius 1 is 1.00 bits per heavy atom. The second-order valence-corrected chi connectivity index (χ2v) is 3.48. The second kappa shape index (κ2) is 3.30. The van der Waals surface area contributed by atoms with Crippen LogP contribution in [0.1, 0.15) is 0 Å². The molecule has 0 fully saturated rings. The fourth-order valence-corrected chi connectivity index (χ4v) is 0.972. The highest BCUT2D eigenvalue weighted by molar-refractivity contribution is 7.62. The predicted molar refractivity (Wildman–Crippen MR) is 43.9 cm³/mol. The molecule has 0 spiro atoms. The largest absolute Gasteiger partial charge is 0.297 e. The fourth-order valence-electron chi connectivity index (χ4n) is 0.324. The summed E-state index contributed by atoms with van der Waals surface area (Å²) in [4.78, 5) is 0. The lowest BCUT2D eigenvalue weighted by Crippen LogP contribution is -1.64. The summed E-state index contributed by atoms with van der Waals surface area (Å²) < 4.78 is 14.6. The molecule has 0 aliphatic heterocycles. The maximum Gasteiger partial charge on any atom is 0.297 e. The molecule has 0 saturated carbocycles. The van der Waals surface area contributed by atoms with Crippen LogP contribution in [0.5, 0.6) is 0 Å². The van der Waals surface area contributed by atoms with E-state index < -0.39 is 7.51 Å². The second-order valence-electron chi connectivity index (χ2n) is 1.16. The van der Waals surface area contributed by atoms with Gasteiger partial charge in [-0.2, -0.15) is 0 Å². The van der Waals surface area contributed by atoms with Crippen molar-refractivity contribution in [1.29, 1.82) is 0 Å². The zero-order valence-electron chi connectivity index (χ0n) is 5.36. The maximum absolute atomic E-state index is 3.80. The molecule has 0 atom stereocenters. The van der Waals surface area contributed by atoms with E-state index in [1.54, 1.807) is 7.05 Å². The third-order valence-corrected chi connectivity index (χ3v) is 2.51. The van der Waals surface area contributed by atoms with Crippen molar-refractivity contribution < 1.29 is 0 Å². The van der Waals surface area contributed by atoms with Crippen molar-refractivity contribution in [3.63, 3.8) is 0 Å². The van der Waals surface area contributed by atoms with Gasteiger partial charge in [-0.1, -0.05) is 0 Å². The summed E-state index contributed by atoms with van der Waals surface area (Å²) in [5.74, 6) is 0. The minimum atomic E-state index is -2.25. The van der Waals surface area contributed by atoms with Crippen molar-refractivity contribution in [2.45, 2.75) is 0 Å². The summed E-state index contributed by atoms with van der Waals surface area (Å²) >= 11 is 0. The molecule has 50 valence electrons. The lowest BCUT2D eigenvalue weighted by Gasteiger charge is -2.02. The molecule has 0 aliphatic carbocycles. The Labute approximate surface area is 54.7 Å². The molecule has 0 unspecified atom stereocenters. The third-order valence-electron chi connectivity index (χ3n) is 0.838. The van der Waals surface area contributed by atoms with Crippen LogP contribution >= 0.6 is 7.51 Å². The lowest BCUT2D eigenvalue weighted by molar-refractivity contribution is 1.43. The highest BCUT2D eigenvalue weighted by Gasteiger charge is 2.06. The van der Waals surface area contributed by atoms with Gasteiger partial charge in [0.15, 0.2) is 0 Å². The highest BCUT2D eigenvalue weighted by Crippen LogP contribution is 2.51. The van der Waals surface area contributed by atoms with Gasteiger partial charge in [-0.25, -0.2) is 19.0 Å². The minimum Gasteiger partial charge on any atom is -0.246 e. The molecule has 0 aromatic rings. The van der Waals surface area contributed by atoms with E-state index in [1.807, 2.05) is 0 Å². The van der Waals surface area contributed by atoms with E-state index >= 15 is 0 Å². The Bertz CT molecular complexity index is 154. The van der Waals surface area contributed by atoms with E-state index in [4.69, 9.17) is 0 Å². The van der Waals surface area contributed by atoms with Gasteiger partial charge in [0.25, 0.3) is 7.51 Å². The maximum atomic E-state index is 3.80. The molecular weight excluding hydrogens is 135 g/mol. The van der Waals surface area contributed by atoms with Crippen molar-refractivity contribution in [1.82, 2.24) is 0 Å². The molecule has 0 heterocycles. The molecule has 0 aromatic heterocycles. The van der Waals surface area contributed by atoms with E-state index in [0.29, 0.717) is 0 Å². The molecule has 0 amide bonds. The average Bonchev–Trinajstić information content (AvgIpc) is 1.95. The van der Waals surface area contributed by atoms with Crippen LogP contribution in [-0.2, 0) is 0 Å². The third kappa shape index (κ3) is 1.57. The van der Waals surface area contributed by atoms with Gasteiger partial charge in [-0.3, -0.25) is 0 Å². The molecular formula is C4H9N4P. The monoisotopic (exact) mass is 144 g/mol. The Hall–Kier alpha value is -0.760. The van der Waals surface area contributed by atoms with Gasteiger partial charge < -0.3 is 0 Å². The van der Waals surface area contributed by atoms with Gasteiger partial charge in [0, 0.05) is 7.05 Å². The molecule has 5 heteroatoms. The van der Waals surface area contributed by atoms with Crippen molar-refractivity contribution >= 4 is 27.7 Å². The van der Waals surface area contributed by atoms with E-state index in [9.17, 15) is 0 Å². The summed E-state index contributed by atoms with van der Waals surface area (Å²) in [7, 11) is -0.678. The van der Waals surface area contributed by atoms with Crippen molar-refractivity contribution in [3.8, 4) is 0 Å². The standard InChI is InChI=1S/C4H9N4P/c1-5-9(6-2,7-3)8-4/h1-3H2,4H3. The molecule has 0 rings (SSSR count). The first-order valence-electron chi connectivity index (χ1n) is 2.20. The molecule has 0 radical (unpaired) electrons. The van der Waals surface area contributed by atoms with E-state index in [-0.39, 0.29) is 0 Å². The number of hydrogen-bond acceptors (Lipinski definition) is 1. The summed E-state index contributed by atoms with van der Waals surface area (Å²) in [5, 5.41) is 0. The van der Waals surface area contributed by atoms with Crippen LogP contribution in [0.2, 0.25) is 0 Å². The van der Waals surface area contributed by atoms with Gasteiger partial charge in [-0.15, -0.1) is 0 Å². The van der Waals surface area contributed by atoms with E-state index in [1.165, 1.54) is 0 Å². The van der Waals surface area contributed by atoms with Crippen LogP contribution in [-0.4, -0.2) is 27.2 Å². The molecule has 0 aromatic carbocycles. The molecule has 0 saturated heterocycles. The van der Waals surface area contributed by atoms with Crippen LogP contribution in [0.4, 0.5) is 0 Å². The van der Waals surface area contributed by atoms with Gasteiger partial charge in [0.05, 0.1) is 0 Å². The molecule has 9 heavy (non-hydrogen) atoms. The first-order valence-corrected chi connectivity index (χ1v) is 3.80. The van der Waals surface area contributed by atoms with E-state index in [2.05, 4.69) is 39.2 Å². The van der Waals surface area contributed by atoms with Crippen LogP contribution in [0.25, 0.3) is 0 Å². The molecule has 0 aliphatic rings. The average molecular weight is 144 g/mol. The SMILES string of the molecule is C=NP(N=C)(N=C)=NC. The number of nitrogens with zero attached hydrogens (tertiary/aromatic N) is 4. The molecule has 0 bridgehead atoms. The summed E-state index contributed by atoms with van der Waals surface area (Å²) in [6.45, 7) is 9.85. The van der Waals surface area contributed by atoms with E-state index in [0.717, 1.165) is 0 Å². The van der Waals surface area contributed by atoms with Gasteiger partial charge >= 0.3 is 0 Å². The lowest BCUT2D eigenvalue weighted by atomic mass is 11.6. The fraction of sp³-hybridized carbons (Fsp3) is 0.250. The van der Waals surface area contributed by atoms with Crippen molar-refractivity contribution in [2.75, 3.05) is 7.05 Å². The minimum absolute atomic E-state index is 1.58. The van der Waals surface area contributed by atoms with Crippen LogP contribution < -0.4 is 0 Å². The topological polar surface area (TPSA) is 49.4 Å². The molecule has 4 nitrogen and oxygen atoms in total. The first-order chi connectivity index (χ1) is 4.24. The van der Waals surface area contributed by atoms with Gasteiger partial charge in [0.2, 0.25) is 0 Å². The zero-order valence-corrected chi connectivity index (χ0v) is 6.25. The summed E-state index contributed by atoms with van der Waals surface area (Å²) in [5.41, 5.74) is 0. The normalized spacial score (nSPS) is 9.89. The van der Waals surface area contributed by atoms with Gasteiger partial charge in [0.1, 0.15) is 0 Å². The Kier molecular flexibility index (Phi) is 3.02. The van der Waals surface area contributed by atoms with Crippen LogP contribution in [0, 0.1) is 0 Å². The van der Waals surface area contributed by atoms with Crippen LogP contribution in [0.3, 0.4) is 0 Å². The Balaban J connectivity index is 4.81. The summed E-state index contributed by atoms with van der Waals surface area (Å²) in [6.07, 6.45) is 0. The molecule has 0 N–H and O–H groups in total. The first kappa shape index (κ1) is 8.24. The van der Waals surface area contributed by atoms with Crippen molar-refractivity contribution in [2.24, 2.45) is 19.0 Å². The Morgan fingerprint density at radius 3 is 1.33 bits per heavy atom. The highest BCUT2D eigenvalue weighted by atomic mass is 31.2. The smallest absolute Gasteiger partial charge is 0.246 e. The Morgan fingerprint density at radius 2 is 1.33 bits per heavy atom. The summed E-state index contributed by atoms with van der Waals surface area (Å²) in [6, 6.07) is 0. The number of hydrogen-bond donors (Lipinski definition) is 0. The van der Waals surface area contributed by atoms with Gasteiger partial charge in [-0.05, 0) is 20.2 Å². The van der Waals surface area contributed by atoms with Crippen molar-refractivity contribution in [3.05, 3.63) is 0 Å². The number of rotatable bonds is 3. The van der Waals surface area contributed by atoms with Crippen LogP contribution in [0.15, 0.2) is 19.0 Å². The quantitative estimate of drug-likeness (QED) is 0.427.